The lowest BCUT2D eigenvalue weighted by Gasteiger charge is -2.09. The molecule has 0 rings (SSSR count). The number of hydrogen-bond donors (Lipinski definition) is 1. The van der Waals surface area contributed by atoms with Crippen LogP contribution in [0.3, 0.4) is 0 Å². The maximum Gasteiger partial charge on any atom is 0.264 e. The fraction of sp³-hybridized carbons (Fsp3) is 0.750. The average Bonchev–Trinajstić information content (AvgIpc) is 1.98. The molecule has 1 N–H and O–H groups in total. The van der Waals surface area contributed by atoms with Gasteiger partial charge in [-0.1, -0.05) is 13.5 Å². The van der Waals surface area contributed by atoms with Gasteiger partial charge in [0.2, 0.25) is 0 Å². The summed E-state index contributed by atoms with van der Waals surface area (Å²) in [6.07, 6.45) is 2.54. The van der Waals surface area contributed by atoms with Crippen LogP contribution >= 0.6 is 0 Å². The first-order valence-electron chi connectivity index (χ1n) is 4.13. The van der Waals surface area contributed by atoms with E-state index in [1.807, 2.05) is 6.92 Å². The van der Waals surface area contributed by atoms with Crippen molar-refractivity contribution < 1.29 is 17.7 Å². The summed E-state index contributed by atoms with van der Waals surface area (Å²) in [6.45, 7) is 5.88. The van der Waals surface area contributed by atoms with Gasteiger partial charge in [0.1, 0.15) is 0 Å². The summed E-state index contributed by atoms with van der Waals surface area (Å²) < 4.78 is 34.0. The van der Waals surface area contributed by atoms with Crippen LogP contribution in [0.1, 0.15) is 19.8 Å². The van der Waals surface area contributed by atoms with Crippen LogP contribution in [0.25, 0.3) is 0 Å². The first-order valence-corrected chi connectivity index (χ1v) is 5.74. The van der Waals surface area contributed by atoms with Gasteiger partial charge in [0, 0.05) is 0 Å². The Balaban J connectivity index is 3.47. The Hall–Kier alpha value is -0.550. The van der Waals surface area contributed by atoms with E-state index in [9.17, 15) is 8.42 Å². The van der Waals surface area contributed by atoms with Gasteiger partial charge in [-0.3, -0.25) is 4.55 Å². The van der Waals surface area contributed by atoms with E-state index < -0.39 is 10.1 Å². The first kappa shape index (κ1) is 12.4. The van der Waals surface area contributed by atoms with E-state index >= 15 is 0 Å². The molecular formula is C8H16O4S. The normalized spacial score (nSPS) is 13.7. The van der Waals surface area contributed by atoms with Crippen LogP contribution in [0.2, 0.25) is 0 Å². The van der Waals surface area contributed by atoms with Crippen molar-refractivity contribution in [2.45, 2.75) is 19.8 Å². The topological polar surface area (TPSA) is 63.6 Å². The molecule has 0 heterocycles. The zero-order valence-corrected chi connectivity index (χ0v) is 8.59. The highest BCUT2D eigenvalue weighted by molar-refractivity contribution is 7.85. The molecule has 4 nitrogen and oxygen atoms in total. The summed E-state index contributed by atoms with van der Waals surface area (Å²) in [5.41, 5.74) is 0. The third kappa shape index (κ3) is 9.36. The van der Waals surface area contributed by atoms with Crippen LogP contribution in [0.4, 0.5) is 0 Å². The van der Waals surface area contributed by atoms with E-state index in [1.54, 1.807) is 0 Å². The van der Waals surface area contributed by atoms with Crippen molar-refractivity contribution in [2.75, 3.05) is 12.4 Å². The molecule has 0 aliphatic carbocycles. The van der Waals surface area contributed by atoms with Crippen molar-refractivity contribution in [2.24, 2.45) is 5.92 Å². The minimum Gasteiger partial charge on any atom is -0.502 e. The predicted octanol–water partition coefficient (Wildman–Crippen LogP) is 1.45. The van der Waals surface area contributed by atoms with E-state index in [-0.39, 0.29) is 11.7 Å². The molecular weight excluding hydrogens is 192 g/mol. The molecule has 1 unspecified atom stereocenters. The summed E-state index contributed by atoms with van der Waals surface area (Å²) in [5.74, 6) is 0.102. The quantitative estimate of drug-likeness (QED) is 0.508. The monoisotopic (exact) mass is 208 g/mol. The fourth-order valence-electron chi connectivity index (χ4n) is 0.930. The van der Waals surface area contributed by atoms with Crippen molar-refractivity contribution in [3.8, 4) is 0 Å². The van der Waals surface area contributed by atoms with Gasteiger partial charge < -0.3 is 4.74 Å². The Morgan fingerprint density at radius 2 is 2.23 bits per heavy atom. The Morgan fingerprint density at radius 3 is 2.69 bits per heavy atom. The van der Waals surface area contributed by atoms with Gasteiger partial charge in [0.05, 0.1) is 18.6 Å². The fourth-order valence-corrected chi connectivity index (χ4v) is 1.46. The minimum absolute atomic E-state index is 0.175. The highest BCUT2D eigenvalue weighted by Crippen LogP contribution is 2.07. The highest BCUT2D eigenvalue weighted by atomic mass is 32.2. The van der Waals surface area contributed by atoms with Crippen molar-refractivity contribution in [1.82, 2.24) is 0 Å². The lowest BCUT2D eigenvalue weighted by molar-refractivity contribution is 0.198. The van der Waals surface area contributed by atoms with Crippen molar-refractivity contribution in [3.63, 3.8) is 0 Å². The molecule has 78 valence electrons. The van der Waals surface area contributed by atoms with E-state index in [2.05, 4.69) is 6.58 Å². The molecule has 0 radical (unpaired) electrons. The highest BCUT2D eigenvalue weighted by Gasteiger charge is 2.07. The Morgan fingerprint density at radius 1 is 1.62 bits per heavy atom. The molecule has 1 atom stereocenters. The van der Waals surface area contributed by atoms with Gasteiger partial charge >= 0.3 is 0 Å². The van der Waals surface area contributed by atoms with Crippen molar-refractivity contribution in [3.05, 3.63) is 12.8 Å². The lowest BCUT2D eigenvalue weighted by atomic mass is 10.1. The lowest BCUT2D eigenvalue weighted by Crippen LogP contribution is -2.08. The van der Waals surface area contributed by atoms with Gasteiger partial charge in [-0.25, -0.2) is 0 Å². The van der Waals surface area contributed by atoms with Crippen LogP contribution in [-0.2, 0) is 14.9 Å². The van der Waals surface area contributed by atoms with Crippen molar-refractivity contribution >= 4 is 10.1 Å². The molecule has 0 aliphatic rings. The van der Waals surface area contributed by atoms with Crippen molar-refractivity contribution in [1.29, 1.82) is 0 Å². The third-order valence-electron chi connectivity index (χ3n) is 1.60. The molecule has 0 aromatic heterocycles. The van der Waals surface area contributed by atoms with Gasteiger partial charge in [-0.15, -0.1) is 0 Å². The second-order valence-electron chi connectivity index (χ2n) is 3.03. The summed E-state index contributed by atoms with van der Waals surface area (Å²) in [6, 6.07) is 0. The second-order valence-corrected chi connectivity index (χ2v) is 4.61. The Kier molecular flexibility index (Phi) is 5.73. The number of rotatable bonds is 7. The largest absolute Gasteiger partial charge is 0.502 e. The van der Waals surface area contributed by atoms with E-state index in [0.29, 0.717) is 19.4 Å². The third-order valence-corrected chi connectivity index (χ3v) is 2.40. The molecule has 0 aromatic rings. The Labute approximate surface area is 79.3 Å². The molecule has 0 saturated heterocycles. The standard InChI is InChI=1S/C8H16O4S/c1-3-12-7-8(2)5-4-6-13(9,10)11/h3,8H,1,4-7H2,2H3,(H,9,10,11). The second kappa shape index (κ2) is 5.99. The zero-order chi connectivity index (χ0) is 10.3. The molecule has 0 aliphatic heterocycles. The first-order chi connectivity index (χ1) is 5.95. The van der Waals surface area contributed by atoms with Crippen LogP contribution in [0, 0.1) is 5.92 Å². The molecule has 0 saturated carbocycles. The van der Waals surface area contributed by atoms with Gasteiger partial charge in [-0.2, -0.15) is 8.42 Å². The van der Waals surface area contributed by atoms with Gasteiger partial charge in [0.15, 0.2) is 0 Å². The van der Waals surface area contributed by atoms with E-state index in [0.717, 1.165) is 0 Å². The molecule has 0 spiro atoms. The number of hydrogen-bond acceptors (Lipinski definition) is 3. The molecule has 0 amide bonds. The zero-order valence-electron chi connectivity index (χ0n) is 7.77. The van der Waals surface area contributed by atoms with Crippen LogP contribution in [0.15, 0.2) is 12.8 Å². The van der Waals surface area contributed by atoms with Crippen LogP contribution in [-0.4, -0.2) is 25.3 Å². The maximum atomic E-state index is 10.3. The summed E-state index contributed by atoms with van der Waals surface area (Å²) in [4.78, 5) is 0. The van der Waals surface area contributed by atoms with Gasteiger partial charge in [0.25, 0.3) is 10.1 Å². The average molecular weight is 208 g/mol. The predicted molar refractivity (Wildman–Crippen MR) is 51.0 cm³/mol. The van der Waals surface area contributed by atoms with Crippen LogP contribution < -0.4 is 0 Å². The summed E-state index contributed by atoms with van der Waals surface area (Å²) in [7, 11) is -3.80. The maximum absolute atomic E-state index is 10.3. The molecule has 13 heavy (non-hydrogen) atoms. The Bertz CT molecular complexity index is 233. The molecule has 0 aromatic carbocycles. The molecule has 0 bridgehead atoms. The minimum atomic E-state index is -3.80. The van der Waals surface area contributed by atoms with Crippen LogP contribution in [0.5, 0.6) is 0 Å². The molecule has 0 fully saturated rings. The van der Waals surface area contributed by atoms with E-state index in [1.165, 1.54) is 6.26 Å². The van der Waals surface area contributed by atoms with E-state index in [4.69, 9.17) is 9.29 Å². The summed E-state index contributed by atoms with van der Waals surface area (Å²) >= 11 is 0. The van der Waals surface area contributed by atoms with Gasteiger partial charge in [-0.05, 0) is 18.8 Å². The molecule has 5 heteroatoms. The number of ether oxygens (including phenoxy) is 1. The summed E-state index contributed by atoms with van der Waals surface area (Å²) in [5, 5.41) is 0. The SMILES string of the molecule is C=COCC(C)CCCS(=O)(=O)O. The smallest absolute Gasteiger partial charge is 0.264 e.